The first-order valence-corrected chi connectivity index (χ1v) is 5.77. The van der Waals surface area contributed by atoms with E-state index in [9.17, 15) is 0 Å². The summed E-state index contributed by atoms with van der Waals surface area (Å²) in [4.78, 5) is 0. The van der Waals surface area contributed by atoms with Crippen LogP contribution >= 0.6 is 0 Å². The summed E-state index contributed by atoms with van der Waals surface area (Å²) in [6.07, 6.45) is 3.59. The summed E-state index contributed by atoms with van der Waals surface area (Å²) in [6.45, 7) is 6.40. The lowest BCUT2D eigenvalue weighted by Crippen LogP contribution is -2.32. The Labute approximate surface area is 91.1 Å². The summed E-state index contributed by atoms with van der Waals surface area (Å²) >= 11 is 0. The molecule has 2 rings (SSSR count). The van der Waals surface area contributed by atoms with Crippen LogP contribution in [0, 0.1) is 6.92 Å². The van der Waals surface area contributed by atoms with Gasteiger partial charge in [0.05, 0.1) is 0 Å². The van der Waals surface area contributed by atoms with Gasteiger partial charge in [0, 0.05) is 19.0 Å². The molecule has 84 valence electrons. The van der Waals surface area contributed by atoms with Crippen LogP contribution in [0.4, 0.5) is 0 Å². The minimum Gasteiger partial charge on any atom is -0.318 e. The summed E-state index contributed by atoms with van der Waals surface area (Å²) in [7, 11) is 2.07. The van der Waals surface area contributed by atoms with E-state index < -0.39 is 0 Å². The predicted octanol–water partition coefficient (Wildman–Crippen LogP) is 1.15. The van der Waals surface area contributed by atoms with Gasteiger partial charge in [0.1, 0.15) is 11.6 Å². The molecule has 4 heteroatoms. The molecule has 1 atom stereocenters. The molecule has 0 bridgehead atoms. The van der Waals surface area contributed by atoms with Crippen molar-refractivity contribution in [1.29, 1.82) is 0 Å². The molecule has 2 heterocycles. The van der Waals surface area contributed by atoms with Gasteiger partial charge >= 0.3 is 0 Å². The Morgan fingerprint density at radius 3 is 2.73 bits per heavy atom. The Morgan fingerprint density at radius 2 is 2.27 bits per heavy atom. The van der Waals surface area contributed by atoms with E-state index in [1.165, 1.54) is 19.3 Å². The smallest absolute Gasteiger partial charge is 0.140 e. The molecule has 0 spiro atoms. The Kier molecular flexibility index (Phi) is 2.78. The first-order valence-electron chi connectivity index (χ1n) is 5.77. The molecule has 1 saturated heterocycles. The summed E-state index contributed by atoms with van der Waals surface area (Å²) < 4.78 is 2.14. The minimum absolute atomic E-state index is 0.227. The summed E-state index contributed by atoms with van der Waals surface area (Å²) in [5, 5.41) is 12.0. The molecule has 0 aromatic carbocycles. The number of hydrogen-bond acceptors (Lipinski definition) is 3. The maximum atomic E-state index is 4.36. The Hall–Kier alpha value is -0.900. The first-order chi connectivity index (χ1) is 7.19. The lowest BCUT2D eigenvalue weighted by molar-refractivity contribution is 0.389. The fraction of sp³-hybridized carbons (Fsp3) is 0.818. The van der Waals surface area contributed by atoms with Crippen molar-refractivity contribution in [2.45, 2.75) is 38.5 Å². The Balaban J connectivity index is 2.36. The molecule has 0 aliphatic carbocycles. The van der Waals surface area contributed by atoms with E-state index in [1.54, 1.807) is 0 Å². The van der Waals surface area contributed by atoms with E-state index in [0.29, 0.717) is 0 Å². The lowest BCUT2D eigenvalue weighted by atomic mass is 9.81. The van der Waals surface area contributed by atoms with Crippen molar-refractivity contribution in [2.24, 2.45) is 7.05 Å². The van der Waals surface area contributed by atoms with Gasteiger partial charge in [0.25, 0.3) is 0 Å². The van der Waals surface area contributed by atoms with E-state index in [0.717, 1.165) is 24.7 Å². The fourth-order valence-corrected chi connectivity index (χ4v) is 2.61. The van der Waals surface area contributed by atoms with E-state index in [-0.39, 0.29) is 5.41 Å². The molecule has 1 aromatic rings. The van der Waals surface area contributed by atoms with Crippen LogP contribution in [0.2, 0.25) is 0 Å². The SMILES string of the molecule is CCCC1(c2nnc(C)n2C)CCNC1. The topological polar surface area (TPSA) is 42.7 Å². The molecule has 1 N–H and O–H groups in total. The van der Waals surface area contributed by atoms with Crippen LogP contribution in [0.5, 0.6) is 0 Å². The molecule has 1 aliphatic heterocycles. The van der Waals surface area contributed by atoms with Gasteiger partial charge in [-0.25, -0.2) is 0 Å². The molecule has 1 unspecified atom stereocenters. The number of rotatable bonds is 3. The van der Waals surface area contributed by atoms with Gasteiger partial charge in [-0.1, -0.05) is 13.3 Å². The zero-order valence-electron chi connectivity index (χ0n) is 9.88. The zero-order valence-corrected chi connectivity index (χ0v) is 9.88. The lowest BCUT2D eigenvalue weighted by Gasteiger charge is -2.26. The van der Waals surface area contributed by atoms with Gasteiger partial charge in [-0.05, 0) is 26.3 Å². The van der Waals surface area contributed by atoms with Crippen LogP contribution in [-0.4, -0.2) is 27.9 Å². The summed E-state index contributed by atoms with van der Waals surface area (Å²) in [6, 6.07) is 0. The Morgan fingerprint density at radius 1 is 1.47 bits per heavy atom. The maximum Gasteiger partial charge on any atom is 0.140 e. The van der Waals surface area contributed by atoms with Crippen LogP contribution in [0.3, 0.4) is 0 Å². The van der Waals surface area contributed by atoms with Crippen molar-refractivity contribution in [2.75, 3.05) is 13.1 Å². The number of aryl methyl sites for hydroxylation is 1. The van der Waals surface area contributed by atoms with Crippen molar-refractivity contribution in [3.05, 3.63) is 11.6 Å². The highest BCUT2D eigenvalue weighted by Crippen LogP contribution is 2.33. The van der Waals surface area contributed by atoms with Gasteiger partial charge in [0.15, 0.2) is 0 Å². The van der Waals surface area contributed by atoms with Crippen molar-refractivity contribution >= 4 is 0 Å². The van der Waals surface area contributed by atoms with Gasteiger partial charge in [0.2, 0.25) is 0 Å². The molecular weight excluding hydrogens is 188 g/mol. The zero-order chi connectivity index (χ0) is 10.9. The van der Waals surface area contributed by atoms with Gasteiger partial charge < -0.3 is 9.88 Å². The quantitative estimate of drug-likeness (QED) is 0.810. The van der Waals surface area contributed by atoms with Crippen LogP contribution in [0.1, 0.15) is 37.8 Å². The second-order valence-electron chi connectivity index (χ2n) is 4.59. The van der Waals surface area contributed by atoms with Crippen molar-refractivity contribution in [3.63, 3.8) is 0 Å². The summed E-state index contributed by atoms with van der Waals surface area (Å²) in [5.74, 6) is 2.17. The highest BCUT2D eigenvalue weighted by atomic mass is 15.3. The summed E-state index contributed by atoms with van der Waals surface area (Å²) in [5.41, 5.74) is 0.227. The number of nitrogens with one attached hydrogen (secondary N) is 1. The van der Waals surface area contributed by atoms with Gasteiger partial charge in [-0.3, -0.25) is 0 Å². The molecule has 0 saturated carbocycles. The predicted molar refractivity (Wildman–Crippen MR) is 59.8 cm³/mol. The molecular formula is C11H20N4. The second-order valence-corrected chi connectivity index (χ2v) is 4.59. The van der Waals surface area contributed by atoms with Crippen molar-refractivity contribution in [3.8, 4) is 0 Å². The number of aromatic nitrogens is 3. The monoisotopic (exact) mass is 208 g/mol. The number of nitrogens with zero attached hydrogens (tertiary/aromatic N) is 3. The van der Waals surface area contributed by atoms with E-state index in [4.69, 9.17) is 0 Å². The van der Waals surface area contributed by atoms with Gasteiger partial charge in [-0.2, -0.15) is 0 Å². The molecule has 1 aromatic heterocycles. The van der Waals surface area contributed by atoms with Gasteiger partial charge in [-0.15, -0.1) is 10.2 Å². The molecule has 0 amide bonds. The molecule has 0 radical (unpaired) electrons. The largest absolute Gasteiger partial charge is 0.318 e. The molecule has 4 nitrogen and oxygen atoms in total. The highest BCUT2D eigenvalue weighted by molar-refractivity contribution is 5.14. The molecule has 15 heavy (non-hydrogen) atoms. The normalized spacial score (nSPS) is 26.1. The maximum absolute atomic E-state index is 4.36. The van der Waals surface area contributed by atoms with Crippen LogP contribution in [0.15, 0.2) is 0 Å². The average molecular weight is 208 g/mol. The van der Waals surface area contributed by atoms with E-state index in [1.807, 2.05) is 6.92 Å². The molecule has 1 fully saturated rings. The third-order valence-corrected chi connectivity index (χ3v) is 3.54. The average Bonchev–Trinajstić information content (AvgIpc) is 2.78. The van der Waals surface area contributed by atoms with Crippen molar-refractivity contribution < 1.29 is 0 Å². The molecule has 1 aliphatic rings. The van der Waals surface area contributed by atoms with E-state index in [2.05, 4.69) is 34.1 Å². The Bertz CT molecular complexity index is 336. The van der Waals surface area contributed by atoms with Crippen molar-refractivity contribution in [1.82, 2.24) is 20.1 Å². The second kappa shape index (κ2) is 3.93. The van der Waals surface area contributed by atoms with Crippen LogP contribution in [-0.2, 0) is 12.5 Å². The van der Waals surface area contributed by atoms with Crippen LogP contribution in [0.25, 0.3) is 0 Å². The highest BCUT2D eigenvalue weighted by Gasteiger charge is 2.38. The minimum atomic E-state index is 0.227. The standard InChI is InChI=1S/C11H20N4/c1-4-5-11(6-7-12-8-11)10-14-13-9(2)15(10)3/h12H,4-8H2,1-3H3. The fourth-order valence-electron chi connectivity index (χ4n) is 2.61. The first kappa shape index (κ1) is 10.6. The van der Waals surface area contributed by atoms with E-state index >= 15 is 0 Å². The van der Waals surface area contributed by atoms with Crippen LogP contribution < -0.4 is 5.32 Å². The third-order valence-electron chi connectivity index (χ3n) is 3.54. The third kappa shape index (κ3) is 1.67. The number of hydrogen-bond donors (Lipinski definition) is 1.